The maximum Gasteiger partial charge on any atom is 0.322 e. The number of aliphatic imine (C=N–C) groups is 1. The molecule has 1 amide bonds. The molecule has 0 saturated carbocycles. The smallest absolute Gasteiger partial charge is 0.322 e. The first-order chi connectivity index (χ1) is 16.6. The summed E-state index contributed by atoms with van der Waals surface area (Å²) < 4.78 is 5.96. The first kappa shape index (κ1) is 25.6. The highest BCUT2D eigenvalue weighted by molar-refractivity contribution is 6.64. The van der Waals surface area contributed by atoms with Crippen LogP contribution in [0.2, 0.25) is 10.0 Å². The van der Waals surface area contributed by atoms with Gasteiger partial charge in [0.25, 0.3) is 0 Å². The summed E-state index contributed by atoms with van der Waals surface area (Å²) in [6.07, 6.45) is 0. The lowest BCUT2D eigenvalue weighted by molar-refractivity contribution is 0.231. The van der Waals surface area contributed by atoms with E-state index in [1.807, 2.05) is 61.5 Å². The van der Waals surface area contributed by atoms with E-state index in [9.17, 15) is 4.79 Å². The van der Waals surface area contributed by atoms with Crippen molar-refractivity contribution in [3.63, 3.8) is 0 Å². The lowest BCUT2D eigenvalue weighted by Gasteiger charge is -2.28. The largest absolute Gasteiger partial charge is 0.493 e. The van der Waals surface area contributed by atoms with E-state index in [1.165, 1.54) is 0 Å². The highest BCUT2D eigenvalue weighted by atomic mass is 35.5. The van der Waals surface area contributed by atoms with Crippen molar-refractivity contribution < 1.29 is 9.53 Å². The van der Waals surface area contributed by atoms with Crippen molar-refractivity contribution in [1.29, 1.82) is 0 Å². The summed E-state index contributed by atoms with van der Waals surface area (Å²) in [7, 11) is 0. The lowest BCUT2D eigenvalue weighted by Crippen LogP contribution is -2.34. The van der Waals surface area contributed by atoms with E-state index in [2.05, 4.69) is 20.8 Å². The number of carbonyl (C=O) groups excluding carboxylic acids is 1. The molecule has 0 aromatic heterocycles. The second-order valence-corrected chi connectivity index (χ2v) is 10.7. The molecule has 0 radical (unpaired) electrons. The lowest BCUT2D eigenvalue weighted by atomic mass is 9.86. The number of amides is 1. The molecule has 7 heteroatoms. The average molecular weight is 530 g/mol. The van der Waals surface area contributed by atoms with Crippen molar-refractivity contribution in [3.8, 4) is 5.75 Å². The maximum absolute atomic E-state index is 13.0. The number of carbonyl (C=O) groups is 1. The molecule has 3 aromatic carbocycles. The predicted octanol–water partition coefficient (Wildman–Crippen LogP) is 8.59. The van der Waals surface area contributed by atoms with Crippen LogP contribution < -0.4 is 4.74 Å². The Morgan fingerprint density at radius 3 is 2.03 bits per heavy atom. The molecular weight excluding hydrogens is 503 g/mol. The molecule has 0 aliphatic carbocycles. The molecule has 0 fully saturated rings. The second kappa shape index (κ2) is 10.2. The van der Waals surface area contributed by atoms with Crippen molar-refractivity contribution in [1.82, 2.24) is 4.90 Å². The van der Waals surface area contributed by atoms with Gasteiger partial charge in [-0.2, -0.15) is 0 Å². The molecule has 2 atom stereocenters. The predicted molar refractivity (Wildman–Crippen MR) is 144 cm³/mol. The second-order valence-electron chi connectivity index (χ2n) is 9.46. The Hall–Kier alpha value is -2.53. The molecule has 1 aliphatic rings. The van der Waals surface area contributed by atoms with Gasteiger partial charge in [-0.3, -0.25) is 14.7 Å². The summed E-state index contributed by atoms with van der Waals surface area (Å²) in [4.78, 5) is 19.6. The molecule has 35 heavy (non-hydrogen) atoms. The van der Waals surface area contributed by atoms with Gasteiger partial charge in [-0.05, 0) is 77.0 Å². The van der Waals surface area contributed by atoms with Gasteiger partial charge in [-0.25, -0.2) is 0 Å². The monoisotopic (exact) mass is 528 g/mol. The molecule has 1 heterocycles. The van der Waals surface area contributed by atoms with E-state index >= 15 is 0 Å². The Morgan fingerprint density at radius 2 is 1.51 bits per heavy atom. The van der Waals surface area contributed by atoms with E-state index in [4.69, 9.17) is 44.5 Å². The van der Waals surface area contributed by atoms with Crippen LogP contribution in [0.5, 0.6) is 5.75 Å². The number of nitrogens with zero attached hydrogens (tertiary/aromatic N) is 2. The minimum absolute atomic E-state index is 0.111. The summed E-state index contributed by atoms with van der Waals surface area (Å²) in [5.74, 6) is 1.12. The minimum atomic E-state index is -0.622. The fourth-order valence-electron chi connectivity index (χ4n) is 4.29. The Bertz CT molecular complexity index is 1250. The standard InChI is InChI=1S/C28H27Cl3N2O2/c1-5-35-23-15-10-19(28(2,3)4)16-22(23)26-32-24(17-6-11-20(29)12-7-17)25(33(26)27(31)34)18-8-13-21(30)14-9-18/h6-16,24-25H,5H2,1-4H3/t24-,25+/m0/s1. The van der Waals surface area contributed by atoms with Crippen LogP contribution in [0, 0.1) is 0 Å². The molecular formula is C28H27Cl3N2O2. The fourth-order valence-corrected chi connectivity index (χ4v) is 4.73. The van der Waals surface area contributed by atoms with Crippen molar-refractivity contribution in [3.05, 3.63) is 99.0 Å². The quantitative estimate of drug-likeness (QED) is 0.245. The third kappa shape index (κ3) is 5.35. The third-order valence-corrected chi connectivity index (χ3v) is 6.75. The number of benzene rings is 3. The summed E-state index contributed by atoms with van der Waals surface area (Å²) in [5, 5.41) is 0.612. The molecule has 0 unspecified atom stereocenters. The number of halogens is 3. The van der Waals surface area contributed by atoms with Gasteiger partial charge in [0.2, 0.25) is 0 Å². The Labute approximate surface area is 221 Å². The van der Waals surface area contributed by atoms with E-state index in [0.717, 1.165) is 22.3 Å². The average Bonchev–Trinajstić information content (AvgIpc) is 3.20. The van der Waals surface area contributed by atoms with E-state index in [-0.39, 0.29) is 5.41 Å². The van der Waals surface area contributed by atoms with Gasteiger partial charge in [-0.15, -0.1) is 0 Å². The SMILES string of the molecule is CCOc1ccc(C(C)(C)C)cc1C1=N[C@@H](c2ccc(Cl)cc2)[C@@H](c2ccc(Cl)cc2)N1C(=O)Cl. The van der Waals surface area contributed by atoms with Gasteiger partial charge < -0.3 is 4.74 Å². The number of amidine groups is 1. The van der Waals surface area contributed by atoms with Gasteiger partial charge in [0, 0.05) is 10.0 Å². The van der Waals surface area contributed by atoms with Crippen LogP contribution in [-0.2, 0) is 5.41 Å². The van der Waals surface area contributed by atoms with Crippen LogP contribution in [0.3, 0.4) is 0 Å². The zero-order valence-electron chi connectivity index (χ0n) is 20.1. The van der Waals surface area contributed by atoms with Crippen LogP contribution in [0.1, 0.15) is 62.0 Å². The minimum Gasteiger partial charge on any atom is -0.493 e. The molecule has 0 bridgehead atoms. The van der Waals surface area contributed by atoms with Crippen molar-refractivity contribution in [2.24, 2.45) is 4.99 Å². The molecule has 3 aromatic rings. The van der Waals surface area contributed by atoms with Crippen LogP contribution in [0.15, 0.2) is 71.7 Å². The Morgan fingerprint density at radius 1 is 0.943 bits per heavy atom. The molecule has 0 saturated heterocycles. The van der Waals surface area contributed by atoms with Crippen LogP contribution in [-0.4, -0.2) is 22.7 Å². The van der Waals surface area contributed by atoms with Crippen LogP contribution in [0.4, 0.5) is 4.79 Å². The first-order valence-electron chi connectivity index (χ1n) is 11.4. The van der Waals surface area contributed by atoms with Crippen molar-refractivity contribution in [2.75, 3.05) is 6.61 Å². The summed E-state index contributed by atoms with van der Waals surface area (Å²) >= 11 is 18.6. The maximum atomic E-state index is 13.0. The zero-order valence-corrected chi connectivity index (χ0v) is 22.3. The highest BCUT2D eigenvalue weighted by Crippen LogP contribution is 2.46. The third-order valence-electron chi connectivity index (χ3n) is 6.07. The molecule has 0 N–H and O–H groups in total. The number of ether oxygens (including phenoxy) is 1. The summed E-state index contributed by atoms with van der Waals surface area (Å²) in [5.41, 5.74) is 3.49. The van der Waals surface area contributed by atoms with Gasteiger partial charge in [0.1, 0.15) is 17.6 Å². The molecule has 182 valence electrons. The van der Waals surface area contributed by atoms with Crippen molar-refractivity contribution in [2.45, 2.75) is 45.2 Å². The van der Waals surface area contributed by atoms with E-state index < -0.39 is 17.5 Å². The van der Waals surface area contributed by atoms with Crippen molar-refractivity contribution >= 4 is 46.0 Å². The highest BCUT2D eigenvalue weighted by Gasteiger charge is 2.42. The normalized spacial score (nSPS) is 17.9. The van der Waals surface area contributed by atoms with Gasteiger partial charge in [-0.1, -0.05) is 74.3 Å². The zero-order chi connectivity index (χ0) is 25.3. The van der Waals surface area contributed by atoms with Crippen LogP contribution >= 0.6 is 34.8 Å². The molecule has 4 nitrogen and oxygen atoms in total. The van der Waals surface area contributed by atoms with Gasteiger partial charge in [0.05, 0.1) is 18.2 Å². The number of hydrogen-bond donors (Lipinski definition) is 0. The van der Waals surface area contributed by atoms with E-state index in [1.54, 1.807) is 17.0 Å². The van der Waals surface area contributed by atoms with Crippen LogP contribution in [0.25, 0.3) is 0 Å². The van der Waals surface area contributed by atoms with E-state index in [0.29, 0.717) is 28.2 Å². The first-order valence-corrected chi connectivity index (χ1v) is 12.6. The Balaban J connectivity index is 1.95. The molecule has 4 rings (SSSR count). The Kier molecular flexibility index (Phi) is 7.46. The topological polar surface area (TPSA) is 41.9 Å². The molecule has 1 aliphatic heterocycles. The van der Waals surface area contributed by atoms with Gasteiger partial charge in [0.15, 0.2) is 0 Å². The van der Waals surface area contributed by atoms with Gasteiger partial charge >= 0.3 is 5.37 Å². The summed E-state index contributed by atoms with van der Waals surface area (Å²) in [6.45, 7) is 8.82. The number of hydrogen-bond acceptors (Lipinski definition) is 3. The summed E-state index contributed by atoms with van der Waals surface area (Å²) in [6, 6.07) is 20.0. The number of rotatable bonds is 5. The fraction of sp³-hybridized carbons (Fsp3) is 0.286. The molecule has 0 spiro atoms.